The molecule has 11 nitrogen and oxygen atoms in total. The Bertz CT molecular complexity index is 2020. The van der Waals surface area contributed by atoms with Gasteiger partial charge in [-0.1, -0.05) is 42.2 Å². The first kappa shape index (κ1) is 25.8. The third kappa shape index (κ3) is 4.58. The van der Waals surface area contributed by atoms with Crippen molar-refractivity contribution in [2.75, 3.05) is 10.0 Å². The number of hydrogen-bond donors (Lipinski definition) is 2. The summed E-state index contributed by atoms with van der Waals surface area (Å²) in [5.74, 6) is 5.49. The highest BCUT2D eigenvalue weighted by molar-refractivity contribution is 7.93. The van der Waals surface area contributed by atoms with E-state index in [0.717, 1.165) is 0 Å². The SMILES string of the molecule is C[C@H](NC(=O)c1c(N)nn2cccnc12)C1=Cc2cccc(C#Cc3cnn(C)c3)c2S(=O)(=O)N1c1ccccc1. The fourth-order valence-electron chi connectivity index (χ4n) is 4.74. The van der Waals surface area contributed by atoms with Crippen molar-refractivity contribution in [3.63, 3.8) is 0 Å². The van der Waals surface area contributed by atoms with Gasteiger partial charge in [0.15, 0.2) is 11.5 Å². The first-order valence-electron chi connectivity index (χ1n) is 12.6. The molecule has 0 saturated heterocycles. The van der Waals surface area contributed by atoms with E-state index in [1.165, 1.54) is 15.0 Å². The highest BCUT2D eigenvalue weighted by Gasteiger charge is 2.38. The van der Waals surface area contributed by atoms with Gasteiger partial charge in [0, 0.05) is 31.2 Å². The van der Waals surface area contributed by atoms with Crippen molar-refractivity contribution in [2.24, 2.45) is 7.05 Å². The van der Waals surface area contributed by atoms with Crippen LogP contribution >= 0.6 is 0 Å². The quantitative estimate of drug-likeness (QED) is 0.320. The van der Waals surface area contributed by atoms with Crippen molar-refractivity contribution in [3.8, 4) is 11.8 Å². The van der Waals surface area contributed by atoms with Crippen LogP contribution in [0.2, 0.25) is 0 Å². The van der Waals surface area contributed by atoms with Gasteiger partial charge in [-0.05, 0) is 42.8 Å². The van der Waals surface area contributed by atoms with E-state index in [2.05, 4.69) is 32.3 Å². The third-order valence-electron chi connectivity index (χ3n) is 6.56. The molecular formula is C29H24N8O3S. The lowest BCUT2D eigenvalue weighted by Gasteiger charge is -2.34. The molecule has 1 aliphatic heterocycles. The van der Waals surface area contributed by atoms with Crippen LogP contribution in [0.5, 0.6) is 0 Å². The number of hydrogen-bond acceptors (Lipinski definition) is 7. The maximum absolute atomic E-state index is 14.3. The maximum atomic E-state index is 14.3. The zero-order valence-electron chi connectivity index (χ0n) is 22.1. The Morgan fingerprint density at radius 3 is 2.63 bits per heavy atom. The van der Waals surface area contributed by atoms with Crippen molar-refractivity contribution in [1.82, 2.24) is 29.7 Å². The molecule has 0 saturated carbocycles. The number of anilines is 2. The molecule has 5 aromatic rings. The number of nitrogens with zero attached hydrogens (tertiary/aromatic N) is 6. The molecule has 3 aromatic heterocycles. The average molecular weight is 565 g/mol. The van der Waals surface area contributed by atoms with Crippen molar-refractivity contribution in [3.05, 3.63) is 107 Å². The first-order chi connectivity index (χ1) is 19.7. The van der Waals surface area contributed by atoms with Crippen LogP contribution in [0.3, 0.4) is 0 Å². The van der Waals surface area contributed by atoms with Gasteiger partial charge in [-0.25, -0.2) is 22.2 Å². The predicted octanol–water partition coefficient (Wildman–Crippen LogP) is 2.81. The van der Waals surface area contributed by atoms with Gasteiger partial charge in [0.2, 0.25) is 0 Å². The smallest absolute Gasteiger partial charge is 0.270 e. The summed E-state index contributed by atoms with van der Waals surface area (Å²) < 4.78 is 33.0. The Morgan fingerprint density at radius 2 is 1.88 bits per heavy atom. The van der Waals surface area contributed by atoms with Crippen molar-refractivity contribution in [1.29, 1.82) is 0 Å². The summed E-state index contributed by atoms with van der Waals surface area (Å²) in [5, 5.41) is 11.2. The first-order valence-corrected chi connectivity index (χ1v) is 14.0. The second-order valence-electron chi connectivity index (χ2n) is 9.39. The standard InChI is InChI=1S/C29H24N8O3S/c1-19(33-29(38)25-27(30)34-36-15-7-14-31-28(25)36)24-16-22-9-6-8-21(13-12-20-17-32-35(2)18-20)26(22)41(39,40)37(24)23-10-4-3-5-11-23/h3-11,14-19H,1-2H3,(H2,30,34)(H,33,38)/t19-/m0/s1. The maximum Gasteiger partial charge on any atom is 0.270 e. The largest absolute Gasteiger partial charge is 0.381 e. The summed E-state index contributed by atoms with van der Waals surface area (Å²) in [6.45, 7) is 1.71. The number of sulfonamides is 1. The number of para-hydroxylation sites is 1. The molecule has 0 unspecified atom stereocenters. The van der Waals surface area contributed by atoms with Crippen LogP contribution in [-0.2, 0) is 17.1 Å². The predicted molar refractivity (Wildman–Crippen MR) is 154 cm³/mol. The van der Waals surface area contributed by atoms with Gasteiger partial charge in [-0.2, -0.15) is 5.10 Å². The molecule has 0 radical (unpaired) electrons. The monoisotopic (exact) mass is 564 g/mol. The van der Waals surface area contributed by atoms with Gasteiger partial charge >= 0.3 is 0 Å². The number of fused-ring (bicyclic) bond motifs is 2. The van der Waals surface area contributed by atoms with Crippen molar-refractivity contribution < 1.29 is 13.2 Å². The van der Waals surface area contributed by atoms with Crippen LogP contribution in [0.25, 0.3) is 11.7 Å². The molecule has 1 aliphatic rings. The zero-order chi connectivity index (χ0) is 28.7. The van der Waals surface area contributed by atoms with Gasteiger partial charge in [0.25, 0.3) is 15.9 Å². The highest BCUT2D eigenvalue weighted by atomic mass is 32.2. The van der Waals surface area contributed by atoms with E-state index in [-0.39, 0.29) is 16.3 Å². The van der Waals surface area contributed by atoms with E-state index in [1.807, 2.05) is 0 Å². The summed E-state index contributed by atoms with van der Waals surface area (Å²) in [6, 6.07) is 14.8. The van der Waals surface area contributed by atoms with E-state index in [0.29, 0.717) is 33.7 Å². The normalized spacial score (nSPS) is 14.5. The zero-order valence-corrected chi connectivity index (χ0v) is 22.9. The van der Waals surface area contributed by atoms with E-state index >= 15 is 0 Å². The number of nitrogen functional groups attached to an aromatic ring is 1. The number of benzene rings is 2. The molecule has 0 fully saturated rings. The molecule has 0 aliphatic carbocycles. The summed E-state index contributed by atoms with van der Waals surface area (Å²) in [6.07, 6.45) is 8.29. The highest BCUT2D eigenvalue weighted by Crippen LogP contribution is 2.38. The summed E-state index contributed by atoms with van der Waals surface area (Å²) >= 11 is 0. The molecule has 3 N–H and O–H groups in total. The Morgan fingerprint density at radius 1 is 1.07 bits per heavy atom. The summed E-state index contributed by atoms with van der Waals surface area (Å²) in [7, 11) is -2.37. The van der Waals surface area contributed by atoms with Crippen molar-refractivity contribution >= 4 is 39.2 Å². The van der Waals surface area contributed by atoms with E-state index in [1.54, 1.807) is 97.9 Å². The lowest BCUT2D eigenvalue weighted by molar-refractivity contribution is 0.0947. The second kappa shape index (κ2) is 9.96. The van der Waals surface area contributed by atoms with Gasteiger partial charge in [0.1, 0.15) is 10.5 Å². The molecule has 6 rings (SSSR count). The minimum atomic E-state index is -4.16. The number of aromatic nitrogens is 5. The van der Waals surface area contributed by atoms with Crippen LogP contribution in [0.1, 0.15) is 34.0 Å². The second-order valence-corrected chi connectivity index (χ2v) is 11.1. The Labute approximate surface area is 236 Å². The number of carbonyl (C=O) groups is 1. The number of rotatable bonds is 4. The fourth-order valence-corrected chi connectivity index (χ4v) is 6.64. The Kier molecular flexibility index (Phi) is 6.28. The number of amides is 1. The molecular weight excluding hydrogens is 540 g/mol. The average Bonchev–Trinajstić information content (AvgIpc) is 3.53. The topological polar surface area (TPSA) is 141 Å². The molecule has 204 valence electrons. The van der Waals surface area contributed by atoms with Crippen LogP contribution in [0, 0.1) is 11.8 Å². The molecule has 0 spiro atoms. The van der Waals surface area contributed by atoms with Crippen LogP contribution < -0.4 is 15.4 Å². The molecule has 41 heavy (non-hydrogen) atoms. The number of aryl methyl sites for hydroxylation is 1. The Balaban J connectivity index is 1.45. The lowest BCUT2D eigenvalue weighted by atomic mass is 10.1. The van der Waals surface area contributed by atoms with E-state index < -0.39 is 22.0 Å². The summed E-state index contributed by atoms with van der Waals surface area (Å²) in [5.41, 5.74) is 8.68. The van der Waals surface area contributed by atoms with Gasteiger partial charge in [0.05, 0.1) is 29.2 Å². The third-order valence-corrected chi connectivity index (χ3v) is 8.43. The number of carbonyl (C=O) groups excluding carboxylic acids is 1. The lowest BCUT2D eigenvalue weighted by Crippen LogP contribution is -2.44. The van der Waals surface area contributed by atoms with Crippen LogP contribution in [0.15, 0.2) is 90.0 Å². The molecule has 12 heteroatoms. The number of nitrogens with two attached hydrogens (primary N) is 1. The molecule has 2 aromatic carbocycles. The molecule has 0 bridgehead atoms. The van der Waals surface area contributed by atoms with Gasteiger partial charge < -0.3 is 11.1 Å². The minimum absolute atomic E-state index is 0.0146. The summed E-state index contributed by atoms with van der Waals surface area (Å²) in [4.78, 5) is 17.7. The number of nitrogens with one attached hydrogen (secondary N) is 1. The molecule has 1 amide bonds. The minimum Gasteiger partial charge on any atom is -0.381 e. The van der Waals surface area contributed by atoms with Gasteiger partial charge in [-0.3, -0.25) is 9.48 Å². The van der Waals surface area contributed by atoms with Crippen LogP contribution in [-0.4, -0.2) is 44.7 Å². The molecule has 4 heterocycles. The van der Waals surface area contributed by atoms with E-state index in [9.17, 15) is 13.2 Å². The van der Waals surface area contributed by atoms with Crippen LogP contribution in [0.4, 0.5) is 11.5 Å². The Hall–Kier alpha value is -5.41. The fraction of sp³-hybridized carbons (Fsp3) is 0.103. The van der Waals surface area contributed by atoms with Gasteiger partial charge in [-0.15, -0.1) is 5.10 Å². The van der Waals surface area contributed by atoms with Crippen molar-refractivity contribution in [2.45, 2.75) is 17.9 Å². The van der Waals surface area contributed by atoms with E-state index in [4.69, 9.17) is 5.73 Å². The molecule has 1 atom stereocenters.